The highest BCUT2D eigenvalue weighted by molar-refractivity contribution is 7.18. The van der Waals surface area contributed by atoms with Crippen LogP contribution in [0.15, 0.2) is 54.6 Å². The highest BCUT2D eigenvalue weighted by Gasteiger charge is 2.30. The zero-order valence-electron chi connectivity index (χ0n) is 21.5. The van der Waals surface area contributed by atoms with Crippen molar-refractivity contribution in [2.24, 2.45) is 5.73 Å². The number of benzene rings is 3. The molecule has 0 unspecified atom stereocenters. The Hall–Kier alpha value is -4.02. The van der Waals surface area contributed by atoms with Crippen molar-refractivity contribution in [1.29, 1.82) is 0 Å². The van der Waals surface area contributed by atoms with Crippen molar-refractivity contribution in [3.05, 3.63) is 88.1 Å². The summed E-state index contributed by atoms with van der Waals surface area (Å²) in [5, 5.41) is 0.578. The number of carbonyl (C=O) groups is 2. The molecule has 0 atom stereocenters. The van der Waals surface area contributed by atoms with Gasteiger partial charge in [0.2, 0.25) is 5.91 Å². The zero-order valence-corrected chi connectivity index (χ0v) is 22.3. The molecule has 0 spiro atoms. The van der Waals surface area contributed by atoms with E-state index >= 15 is 0 Å². The van der Waals surface area contributed by atoms with E-state index in [1.807, 2.05) is 31.2 Å². The number of nitrogens with zero attached hydrogens (tertiary/aromatic N) is 2. The number of halogens is 3. The SMILES string of the molecule is Cc1nc(-c2ccc(C(F)(F)F)cc2)sc1-c1cc(C(N)=O)c2c(c1)-c1ccc(C(=O)N3CCOCC3)cc1C2. The summed E-state index contributed by atoms with van der Waals surface area (Å²) in [6, 6.07) is 14.3. The molecule has 0 bridgehead atoms. The number of morpholine rings is 1. The van der Waals surface area contributed by atoms with Gasteiger partial charge in [-0.1, -0.05) is 18.2 Å². The predicted molar refractivity (Wildman–Crippen MR) is 146 cm³/mol. The lowest BCUT2D eigenvalue weighted by atomic mass is 9.96. The Kier molecular flexibility index (Phi) is 6.47. The number of amides is 2. The topological polar surface area (TPSA) is 85.5 Å². The van der Waals surface area contributed by atoms with Gasteiger partial charge in [0.1, 0.15) is 5.01 Å². The average Bonchev–Trinajstić information content (AvgIpc) is 3.52. The van der Waals surface area contributed by atoms with Crippen molar-refractivity contribution >= 4 is 23.2 Å². The number of alkyl halides is 3. The van der Waals surface area contributed by atoms with Gasteiger partial charge in [-0.25, -0.2) is 4.98 Å². The van der Waals surface area contributed by atoms with Crippen molar-refractivity contribution in [2.75, 3.05) is 26.3 Å². The Bertz CT molecular complexity index is 1660. The molecule has 2 N–H and O–H groups in total. The van der Waals surface area contributed by atoms with E-state index in [2.05, 4.69) is 4.98 Å². The minimum Gasteiger partial charge on any atom is -0.378 e. The maximum Gasteiger partial charge on any atom is 0.416 e. The molecule has 0 saturated carbocycles. The van der Waals surface area contributed by atoms with Crippen LogP contribution in [0.3, 0.4) is 0 Å². The summed E-state index contributed by atoms with van der Waals surface area (Å²) in [6.07, 6.45) is -3.93. The molecular formula is C30H24F3N3O3S. The van der Waals surface area contributed by atoms with Gasteiger partial charge in [0.15, 0.2) is 0 Å². The van der Waals surface area contributed by atoms with Crippen LogP contribution in [0.1, 0.15) is 43.1 Å². The number of thiazole rings is 1. The van der Waals surface area contributed by atoms with Gasteiger partial charge in [0, 0.05) is 29.8 Å². The van der Waals surface area contributed by atoms with Crippen LogP contribution in [0.25, 0.3) is 32.1 Å². The van der Waals surface area contributed by atoms with E-state index in [0.717, 1.165) is 44.8 Å². The molecule has 1 aliphatic heterocycles. The molecular weight excluding hydrogens is 539 g/mol. The number of fused-ring (bicyclic) bond motifs is 3. The Morgan fingerprint density at radius 3 is 2.38 bits per heavy atom. The monoisotopic (exact) mass is 563 g/mol. The summed E-state index contributed by atoms with van der Waals surface area (Å²) in [7, 11) is 0. The third-order valence-electron chi connectivity index (χ3n) is 7.34. The smallest absolute Gasteiger partial charge is 0.378 e. The second-order valence-electron chi connectivity index (χ2n) is 9.88. The number of rotatable bonds is 4. The summed E-state index contributed by atoms with van der Waals surface area (Å²) in [5.41, 5.74) is 11.7. The molecule has 10 heteroatoms. The van der Waals surface area contributed by atoms with Crippen molar-refractivity contribution in [3.8, 4) is 32.1 Å². The van der Waals surface area contributed by atoms with Crippen LogP contribution >= 0.6 is 11.3 Å². The van der Waals surface area contributed by atoms with Crippen LogP contribution in [0.2, 0.25) is 0 Å². The van der Waals surface area contributed by atoms with Crippen LogP contribution in [-0.2, 0) is 17.3 Å². The summed E-state index contributed by atoms with van der Waals surface area (Å²) in [5.74, 6) is -0.602. The third-order valence-corrected chi connectivity index (χ3v) is 8.60. The fraction of sp³-hybridized carbons (Fsp3) is 0.233. The fourth-order valence-electron chi connectivity index (χ4n) is 5.32. The van der Waals surface area contributed by atoms with Crippen LogP contribution in [0.4, 0.5) is 13.2 Å². The number of nitrogens with two attached hydrogens (primary N) is 1. The first-order valence-corrected chi connectivity index (χ1v) is 13.5. The van der Waals surface area contributed by atoms with Gasteiger partial charge in [0.25, 0.3) is 5.91 Å². The number of primary amides is 1. The molecule has 2 heterocycles. The lowest BCUT2D eigenvalue weighted by molar-refractivity contribution is -0.137. The molecule has 6 nitrogen and oxygen atoms in total. The van der Waals surface area contributed by atoms with Gasteiger partial charge in [-0.05, 0) is 77.6 Å². The van der Waals surface area contributed by atoms with E-state index in [0.29, 0.717) is 60.1 Å². The van der Waals surface area contributed by atoms with E-state index in [1.54, 1.807) is 11.0 Å². The predicted octanol–water partition coefficient (Wildman–Crippen LogP) is 5.95. The quantitative estimate of drug-likeness (QED) is 0.293. The molecule has 1 saturated heterocycles. The Labute approximate surface area is 232 Å². The van der Waals surface area contributed by atoms with Crippen LogP contribution in [0.5, 0.6) is 0 Å². The van der Waals surface area contributed by atoms with Crippen LogP contribution in [0, 0.1) is 6.92 Å². The molecule has 4 aromatic rings. The summed E-state index contributed by atoms with van der Waals surface area (Å²) < 4.78 is 44.4. The van der Waals surface area contributed by atoms with Crippen LogP contribution < -0.4 is 5.73 Å². The third kappa shape index (κ3) is 4.67. The number of hydrogen-bond acceptors (Lipinski definition) is 5. The molecule has 0 radical (unpaired) electrons. The minimum absolute atomic E-state index is 0.0473. The molecule has 1 aliphatic carbocycles. The standard InChI is InChI=1S/C30H24F3N3O3S/c1-16-26(40-28(35-16)17-2-5-21(6-3-17)30(31,32)33)20-14-23-22-7-4-18(29(38)36-8-10-39-11-9-36)12-19(22)13-24(23)25(15-20)27(34)37/h2-7,12,14-15H,8-11,13H2,1H3,(H2,34,37). The van der Waals surface area contributed by atoms with Gasteiger partial charge < -0.3 is 15.4 Å². The Morgan fingerprint density at radius 1 is 0.975 bits per heavy atom. The second kappa shape index (κ2) is 9.87. The summed E-state index contributed by atoms with van der Waals surface area (Å²) in [6.45, 7) is 3.96. The van der Waals surface area contributed by atoms with E-state index in [4.69, 9.17) is 10.5 Å². The Morgan fingerprint density at radius 2 is 1.70 bits per heavy atom. The average molecular weight is 564 g/mol. The first kappa shape index (κ1) is 26.2. The maximum absolute atomic E-state index is 13.0. The maximum atomic E-state index is 13.0. The van der Waals surface area contributed by atoms with Crippen molar-refractivity contribution < 1.29 is 27.5 Å². The molecule has 40 heavy (non-hydrogen) atoms. The molecule has 2 aliphatic rings. The lowest BCUT2D eigenvalue weighted by Gasteiger charge is -2.27. The number of hydrogen-bond donors (Lipinski definition) is 1. The van der Waals surface area contributed by atoms with Gasteiger partial charge in [0.05, 0.1) is 29.3 Å². The van der Waals surface area contributed by atoms with Gasteiger partial charge >= 0.3 is 6.18 Å². The lowest BCUT2D eigenvalue weighted by Crippen LogP contribution is -2.40. The zero-order chi connectivity index (χ0) is 28.2. The normalized spacial score (nSPS) is 14.7. The molecule has 6 rings (SSSR count). The highest BCUT2D eigenvalue weighted by atomic mass is 32.1. The minimum atomic E-state index is -4.41. The first-order chi connectivity index (χ1) is 19.1. The molecule has 3 aromatic carbocycles. The van der Waals surface area contributed by atoms with Crippen LogP contribution in [-0.4, -0.2) is 48.0 Å². The Balaban J connectivity index is 1.37. The summed E-state index contributed by atoms with van der Waals surface area (Å²) in [4.78, 5) is 32.8. The second-order valence-corrected chi connectivity index (χ2v) is 10.9. The highest BCUT2D eigenvalue weighted by Crippen LogP contribution is 2.44. The van der Waals surface area contributed by atoms with Gasteiger partial charge in [-0.3, -0.25) is 9.59 Å². The number of carbonyl (C=O) groups excluding carboxylic acids is 2. The summed E-state index contributed by atoms with van der Waals surface area (Å²) >= 11 is 1.34. The van der Waals surface area contributed by atoms with Gasteiger partial charge in [-0.15, -0.1) is 11.3 Å². The van der Waals surface area contributed by atoms with Gasteiger partial charge in [-0.2, -0.15) is 13.2 Å². The van der Waals surface area contributed by atoms with Crippen molar-refractivity contribution in [2.45, 2.75) is 19.5 Å². The van der Waals surface area contributed by atoms with E-state index in [-0.39, 0.29) is 5.91 Å². The fourth-order valence-corrected chi connectivity index (χ4v) is 6.38. The largest absolute Gasteiger partial charge is 0.416 e. The van der Waals surface area contributed by atoms with E-state index in [9.17, 15) is 22.8 Å². The molecule has 1 fully saturated rings. The van der Waals surface area contributed by atoms with Crippen molar-refractivity contribution in [1.82, 2.24) is 9.88 Å². The van der Waals surface area contributed by atoms with E-state index in [1.165, 1.54) is 23.5 Å². The number of aryl methyl sites for hydroxylation is 1. The van der Waals surface area contributed by atoms with E-state index < -0.39 is 17.6 Å². The first-order valence-electron chi connectivity index (χ1n) is 12.7. The molecule has 2 amide bonds. The van der Waals surface area contributed by atoms with Crippen molar-refractivity contribution in [3.63, 3.8) is 0 Å². The number of ether oxygens (including phenoxy) is 1. The number of aromatic nitrogens is 1. The molecule has 204 valence electrons. The molecule has 1 aromatic heterocycles.